The molecule has 4 nitrogen and oxygen atoms in total. The summed E-state index contributed by atoms with van der Waals surface area (Å²) in [5.74, 6) is 0. The molecule has 0 spiro atoms. The fourth-order valence-electron chi connectivity index (χ4n) is 1.06. The summed E-state index contributed by atoms with van der Waals surface area (Å²) in [5.41, 5.74) is 0. The molecule has 0 amide bonds. The third kappa shape index (κ3) is 9.17. The lowest BCUT2D eigenvalue weighted by Gasteiger charge is -2.20. The van der Waals surface area contributed by atoms with Gasteiger partial charge in [0.1, 0.15) is 0 Å². The summed E-state index contributed by atoms with van der Waals surface area (Å²) in [5, 5.41) is 0. The average molecular weight is 279 g/mol. The van der Waals surface area contributed by atoms with Crippen LogP contribution in [0.4, 0.5) is 0 Å². The molecule has 86 valence electrons. The highest BCUT2D eigenvalue weighted by atomic mass is 29.2. The molecule has 0 saturated heterocycles. The Balaban J connectivity index is 3.45. The topological polar surface area (TPSA) is 52.6 Å². The van der Waals surface area contributed by atoms with Crippen molar-refractivity contribution in [2.24, 2.45) is 0 Å². The van der Waals surface area contributed by atoms with Crippen molar-refractivity contribution in [2.45, 2.75) is 38.5 Å². The number of rotatable bonds is 9. The first-order valence-corrected chi connectivity index (χ1v) is 13.4. The van der Waals surface area contributed by atoms with Gasteiger partial charge in [-0.3, -0.25) is 0 Å². The Morgan fingerprint density at radius 1 is 1.27 bits per heavy atom. The van der Waals surface area contributed by atoms with E-state index in [-0.39, 0.29) is 8.92 Å². The number of unbranched alkanes of at least 4 members (excludes halogenated alkanes) is 1. The molecule has 8 heteroatoms. The first kappa shape index (κ1) is 15.2. The summed E-state index contributed by atoms with van der Waals surface area (Å²) in [4.78, 5) is 0. The zero-order valence-electron chi connectivity index (χ0n) is 9.54. The molecule has 0 fully saturated rings. The molecule has 0 N–H and O–H groups in total. The second-order valence-electron chi connectivity index (χ2n) is 3.95. The molecule has 0 aromatic heterocycles. The van der Waals surface area contributed by atoms with E-state index in [1.165, 1.54) is 0 Å². The Morgan fingerprint density at radius 3 is 2.47 bits per heavy atom. The standard InChI is InChI=1S/C7H18O4Si4/c1-14(13-9)7-5-4-6-10-15(2,3)11-12-8/h14H,4-7H2,1-3H3. The van der Waals surface area contributed by atoms with Crippen LogP contribution in [0, 0.1) is 0 Å². The van der Waals surface area contributed by atoms with E-state index in [1.807, 2.05) is 13.1 Å². The molecule has 0 aromatic carbocycles. The van der Waals surface area contributed by atoms with Crippen molar-refractivity contribution in [3.63, 3.8) is 0 Å². The van der Waals surface area contributed by atoms with Crippen molar-refractivity contribution in [1.29, 1.82) is 0 Å². The molecule has 1 atom stereocenters. The first-order chi connectivity index (χ1) is 7.02. The molecule has 0 heterocycles. The zero-order valence-corrected chi connectivity index (χ0v) is 13.7. The minimum Gasteiger partial charge on any atom is -0.556 e. The molecule has 0 bridgehead atoms. The lowest BCUT2D eigenvalue weighted by molar-refractivity contribution is 0.242. The predicted molar refractivity (Wildman–Crippen MR) is 64.5 cm³/mol. The molecule has 15 heavy (non-hydrogen) atoms. The van der Waals surface area contributed by atoms with Gasteiger partial charge in [-0.2, -0.15) is 0 Å². The van der Waals surface area contributed by atoms with Gasteiger partial charge in [0.2, 0.25) is 0 Å². The van der Waals surface area contributed by atoms with Gasteiger partial charge in [0.15, 0.2) is 0 Å². The molecule has 0 saturated carbocycles. The van der Waals surface area contributed by atoms with Crippen molar-refractivity contribution in [3.05, 3.63) is 0 Å². The van der Waals surface area contributed by atoms with Gasteiger partial charge >= 0.3 is 18.2 Å². The van der Waals surface area contributed by atoms with Gasteiger partial charge in [-0.05, 0) is 19.5 Å². The van der Waals surface area contributed by atoms with E-state index in [9.17, 15) is 8.92 Å². The van der Waals surface area contributed by atoms with E-state index < -0.39 is 26.5 Å². The molecular weight excluding hydrogens is 260 g/mol. The second-order valence-corrected chi connectivity index (χ2v) is 14.3. The summed E-state index contributed by atoms with van der Waals surface area (Å²) >= 11 is 0. The molecule has 0 aliphatic rings. The normalized spacial score (nSPS) is 13.3. The average Bonchev–Trinajstić information content (AvgIpc) is 2.16. The molecule has 2 radical (unpaired) electrons. The van der Waals surface area contributed by atoms with Gasteiger partial charge < -0.3 is 17.5 Å². The van der Waals surface area contributed by atoms with Crippen LogP contribution >= 0.6 is 0 Å². The van der Waals surface area contributed by atoms with E-state index in [4.69, 9.17) is 8.54 Å². The summed E-state index contributed by atoms with van der Waals surface area (Å²) in [6, 6.07) is 1.11. The predicted octanol–water partition coefficient (Wildman–Crippen LogP) is 0.870. The molecule has 0 aliphatic carbocycles. The van der Waals surface area contributed by atoms with Crippen LogP contribution in [0.15, 0.2) is 0 Å². The summed E-state index contributed by atoms with van der Waals surface area (Å²) in [6.07, 6.45) is 2.05. The van der Waals surface area contributed by atoms with Crippen LogP contribution in [0.1, 0.15) is 12.8 Å². The van der Waals surface area contributed by atoms with Gasteiger partial charge in [-0.15, -0.1) is 0 Å². The van der Waals surface area contributed by atoms with Gasteiger partial charge in [0.05, 0.1) is 8.31 Å². The Morgan fingerprint density at radius 2 is 1.93 bits per heavy atom. The number of hydrogen-bond donors (Lipinski definition) is 0. The first-order valence-electron chi connectivity index (χ1n) is 5.08. The van der Waals surface area contributed by atoms with Crippen molar-refractivity contribution < 1.29 is 17.5 Å². The minimum atomic E-state index is -2.14. The van der Waals surface area contributed by atoms with Crippen LogP contribution in [0.5, 0.6) is 0 Å². The zero-order chi connectivity index (χ0) is 11.7. The minimum absolute atomic E-state index is 0.0756. The maximum absolute atomic E-state index is 10.5. The van der Waals surface area contributed by atoms with Crippen LogP contribution in [0.2, 0.25) is 25.7 Å². The van der Waals surface area contributed by atoms with Gasteiger partial charge in [0.25, 0.3) is 8.92 Å². The monoisotopic (exact) mass is 278 g/mol. The van der Waals surface area contributed by atoms with Crippen molar-refractivity contribution in [3.8, 4) is 0 Å². The third-order valence-corrected chi connectivity index (χ3v) is 8.92. The lowest BCUT2D eigenvalue weighted by Crippen LogP contribution is -2.35. The highest BCUT2D eigenvalue weighted by Crippen LogP contribution is 2.07. The summed E-state index contributed by atoms with van der Waals surface area (Å²) in [7, 11) is -3.87. The van der Waals surface area contributed by atoms with Gasteiger partial charge in [-0.25, -0.2) is 0 Å². The lowest BCUT2D eigenvalue weighted by atomic mass is 10.4. The molecule has 0 aromatic rings. The Labute approximate surface area is 98.3 Å². The third-order valence-electron chi connectivity index (χ3n) is 1.97. The van der Waals surface area contributed by atoms with Crippen molar-refractivity contribution >= 4 is 35.4 Å². The molecule has 1 unspecified atom stereocenters. The maximum Gasteiger partial charge on any atom is 0.580 e. The van der Waals surface area contributed by atoms with Crippen LogP contribution in [0.3, 0.4) is 0 Å². The van der Waals surface area contributed by atoms with Crippen LogP contribution in [0.25, 0.3) is 0 Å². The quantitative estimate of drug-likeness (QED) is 0.464. The molecule has 0 rings (SSSR count). The SMILES string of the molecule is C[SiH](CCCCO[Si](C)(C)O[Si]=O)[Si]=O. The fourth-order valence-corrected chi connectivity index (χ4v) is 4.72. The maximum atomic E-state index is 10.5. The van der Waals surface area contributed by atoms with Gasteiger partial charge in [-0.1, -0.05) is 19.0 Å². The Kier molecular flexibility index (Phi) is 8.51. The summed E-state index contributed by atoms with van der Waals surface area (Å²) in [6.45, 7) is 6.54. The van der Waals surface area contributed by atoms with E-state index in [0.717, 1.165) is 18.9 Å². The Bertz CT molecular complexity index is 199. The second kappa shape index (κ2) is 8.39. The van der Waals surface area contributed by atoms with Crippen LogP contribution < -0.4 is 0 Å². The van der Waals surface area contributed by atoms with E-state index in [2.05, 4.69) is 6.55 Å². The van der Waals surface area contributed by atoms with Crippen LogP contribution in [-0.2, 0) is 17.5 Å². The number of hydrogen-bond acceptors (Lipinski definition) is 4. The van der Waals surface area contributed by atoms with E-state index in [0.29, 0.717) is 6.61 Å². The largest absolute Gasteiger partial charge is 0.580 e. The summed E-state index contributed by atoms with van der Waals surface area (Å²) < 4.78 is 31.4. The van der Waals surface area contributed by atoms with Crippen LogP contribution in [-0.4, -0.2) is 42.1 Å². The van der Waals surface area contributed by atoms with Crippen molar-refractivity contribution in [1.82, 2.24) is 0 Å². The molecular formula is C7H18O4Si4. The van der Waals surface area contributed by atoms with Crippen molar-refractivity contribution in [2.75, 3.05) is 6.61 Å². The smallest absolute Gasteiger partial charge is 0.556 e. The van der Waals surface area contributed by atoms with Gasteiger partial charge in [0, 0.05) is 6.61 Å². The Hall–Kier alpha value is 0.228. The fraction of sp³-hybridized carbons (Fsp3) is 1.00. The van der Waals surface area contributed by atoms with E-state index in [1.54, 1.807) is 0 Å². The highest BCUT2D eigenvalue weighted by Gasteiger charge is 2.25. The molecule has 0 aliphatic heterocycles. The van der Waals surface area contributed by atoms with E-state index >= 15 is 0 Å². The highest BCUT2D eigenvalue weighted by molar-refractivity contribution is 7.05.